The summed E-state index contributed by atoms with van der Waals surface area (Å²) in [5.41, 5.74) is 1.03. The third-order valence-electron chi connectivity index (χ3n) is 3.83. The van der Waals surface area contributed by atoms with Crippen LogP contribution in [0.15, 0.2) is 12.5 Å². The Bertz CT molecular complexity index is 450. The van der Waals surface area contributed by atoms with Crippen LogP contribution in [0, 0.1) is 0 Å². The fraction of sp³-hybridized carbons (Fsp3) is 0.692. The van der Waals surface area contributed by atoms with Crippen molar-refractivity contribution in [1.29, 1.82) is 0 Å². The number of carboxylic acid groups (broad SMARTS) is 1. The summed E-state index contributed by atoms with van der Waals surface area (Å²) in [6, 6.07) is 0.430. The molecule has 2 fully saturated rings. The number of aromatic nitrogens is 2. The summed E-state index contributed by atoms with van der Waals surface area (Å²) in [7, 11) is 0. The maximum absolute atomic E-state index is 11.2. The smallest absolute Gasteiger partial charge is 0.305 e. The zero-order valence-electron chi connectivity index (χ0n) is 10.9. The van der Waals surface area contributed by atoms with Crippen LogP contribution in [0.4, 0.5) is 0 Å². The molecule has 0 radical (unpaired) electrons. The molecule has 0 bridgehead atoms. The van der Waals surface area contributed by atoms with Gasteiger partial charge in [-0.25, -0.2) is 4.98 Å². The minimum atomic E-state index is -0.764. The van der Waals surface area contributed by atoms with Gasteiger partial charge in [-0.15, -0.1) is 0 Å². The van der Waals surface area contributed by atoms with E-state index in [0.29, 0.717) is 19.3 Å². The fourth-order valence-corrected chi connectivity index (χ4v) is 2.71. The first-order valence-corrected chi connectivity index (χ1v) is 6.81. The highest BCUT2D eigenvalue weighted by Crippen LogP contribution is 2.38. The second kappa shape index (κ2) is 5.30. The molecule has 2 aliphatic rings. The van der Waals surface area contributed by atoms with Crippen LogP contribution in [-0.4, -0.2) is 51.8 Å². The molecule has 6 nitrogen and oxygen atoms in total. The first-order chi connectivity index (χ1) is 9.25. The van der Waals surface area contributed by atoms with Gasteiger partial charge in [0.15, 0.2) is 0 Å². The average Bonchev–Trinajstić information content (AvgIpc) is 3.15. The predicted octanol–water partition coefficient (Wildman–Crippen LogP) is 1.07. The summed E-state index contributed by atoms with van der Waals surface area (Å²) in [5.74, 6) is -0.764. The van der Waals surface area contributed by atoms with E-state index in [1.165, 1.54) is 12.8 Å². The van der Waals surface area contributed by atoms with E-state index in [1.807, 2.05) is 12.5 Å². The molecule has 3 rings (SSSR count). The number of morpholine rings is 1. The highest BCUT2D eigenvalue weighted by Gasteiger charge is 2.32. The van der Waals surface area contributed by atoms with Crippen molar-refractivity contribution in [2.45, 2.75) is 31.3 Å². The van der Waals surface area contributed by atoms with Gasteiger partial charge < -0.3 is 14.4 Å². The van der Waals surface area contributed by atoms with Crippen molar-refractivity contribution in [3.05, 3.63) is 18.2 Å². The van der Waals surface area contributed by atoms with Crippen molar-refractivity contribution < 1.29 is 14.6 Å². The lowest BCUT2D eigenvalue weighted by atomic mass is 10.1. The fourth-order valence-electron chi connectivity index (χ4n) is 2.71. The molecule has 1 aromatic heterocycles. The molecule has 0 aromatic carbocycles. The monoisotopic (exact) mass is 265 g/mol. The molecule has 6 heteroatoms. The third-order valence-corrected chi connectivity index (χ3v) is 3.83. The summed E-state index contributed by atoms with van der Waals surface area (Å²) in [6.45, 7) is 2.92. The van der Waals surface area contributed by atoms with Crippen LogP contribution in [0.25, 0.3) is 0 Å². The van der Waals surface area contributed by atoms with E-state index in [0.717, 1.165) is 18.8 Å². The number of nitrogens with zero attached hydrogens (tertiary/aromatic N) is 3. The number of hydrogen-bond donors (Lipinski definition) is 1. The number of rotatable bonds is 5. The van der Waals surface area contributed by atoms with Crippen LogP contribution >= 0.6 is 0 Å². The molecule has 19 heavy (non-hydrogen) atoms. The van der Waals surface area contributed by atoms with Crippen LogP contribution in [-0.2, 0) is 9.53 Å². The molecule has 0 amide bonds. The normalized spacial score (nSPS) is 22.3. The Morgan fingerprint density at radius 1 is 1.47 bits per heavy atom. The average molecular weight is 265 g/mol. The van der Waals surface area contributed by atoms with Crippen LogP contribution < -0.4 is 0 Å². The maximum atomic E-state index is 11.2. The molecule has 1 aliphatic carbocycles. The lowest BCUT2D eigenvalue weighted by Gasteiger charge is -2.34. The van der Waals surface area contributed by atoms with Gasteiger partial charge in [0, 0.05) is 25.3 Å². The number of hydrogen-bond acceptors (Lipinski definition) is 4. The molecule has 1 atom stereocenters. The van der Waals surface area contributed by atoms with Gasteiger partial charge in [0.2, 0.25) is 0 Å². The Kier molecular flexibility index (Phi) is 3.52. The second-order valence-corrected chi connectivity index (χ2v) is 5.22. The minimum absolute atomic E-state index is 0.0931. The Morgan fingerprint density at radius 2 is 2.21 bits per heavy atom. The molecular formula is C13H19N3O3. The molecule has 0 spiro atoms. The standard InChI is InChI=1S/C13H19N3O3/c17-13(18)7-11(15-3-5-19-6-4-15)12-8-14-9-16(12)10-1-2-10/h8-11H,1-7H2,(H,17,18). The Hall–Kier alpha value is -1.40. The number of carboxylic acids is 1. The maximum Gasteiger partial charge on any atom is 0.305 e. The van der Waals surface area contributed by atoms with Crippen molar-refractivity contribution in [3.8, 4) is 0 Å². The van der Waals surface area contributed by atoms with E-state index in [1.54, 1.807) is 0 Å². The highest BCUT2D eigenvalue weighted by molar-refractivity contribution is 5.67. The van der Waals surface area contributed by atoms with Gasteiger partial charge in [0.25, 0.3) is 0 Å². The van der Waals surface area contributed by atoms with E-state index in [-0.39, 0.29) is 12.5 Å². The number of imidazole rings is 1. The summed E-state index contributed by atoms with van der Waals surface area (Å²) in [4.78, 5) is 17.6. The van der Waals surface area contributed by atoms with Gasteiger partial charge in [0.05, 0.1) is 37.7 Å². The predicted molar refractivity (Wildman–Crippen MR) is 67.9 cm³/mol. The molecule has 1 saturated carbocycles. The molecule has 1 unspecified atom stereocenters. The first kappa shape index (κ1) is 12.6. The Labute approximate surface area is 112 Å². The summed E-state index contributed by atoms with van der Waals surface area (Å²) < 4.78 is 7.51. The van der Waals surface area contributed by atoms with Gasteiger partial charge in [-0.1, -0.05) is 0 Å². The molecular weight excluding hydrogens is 246 g/mol. The van der Waals surface area contributed by atoms with Crippen molar-refractivity contribution >= 4 is 5.97 Å². The quantitative estimate of drug-likeness (QED) is 0.862. The molecule has 1 N–H and O–H groups in total. The van der Waals surface area contributed by atoms with Crippen LogP contribution in [0.5, 0.6) is 0 Å². The Balaban J connectivity index is 1.84. The van der Waals surface area contributed by atoms with Crippen LogP contribution in [0.1, 0.15) is 37.0 Å². The number of ether oxygens (including phenoxy) is 1. The Morgan fingerprint density at radius 3 is 2.84 bits per heavy atom. The van der Waals surface area contributed by atoms with E-state index in [4.69, 9.17) is 4.74 Å². The lowest BCUT2D eigenvalue weighted by Crippen LogP contribution is -2.40. The highest BCUT2D eigenvalue weighted by atomic mass is 16.5. The SMILES string of the molecule is O=C(O)CC(c1cncn1C1CC1)N1CCOCC1. The summed E-state index contributed by atoms with van der Waals surface area (Å²) in [6.07, 6.45) is 6.13. The van der Waals surface area contributed by atoms with Gasteiger partial charge in [0.1, 0.15) is 0 Å². The topological polar surface area (TPSA) is 67.6 Å². The molecule has 1 saturated heterocycles. The summed E-state index contributed by atoms with van der Waals surface area (Å²) >= 11 is 0. The zero-order valence-corrected chi connectivity index (χ0v) is 10.9. The second-order valence-electron chi connectivity index (χ2n) is 5.22. The molecule has 1 aromatic rings. The third kappa shape index (κ3) is 2.79. The number of aliphatic carboxylic acids is 1. The first-order valence-electron chi connectivity index (χ1n) is 6.81. The van der Waals surface area contributed by atoms with Gasteiger partial charge in [-0.2, -0.15) is 0 Å². The minimum Gasteiger partial charge on any atom is -0.481 e. The largest absolute Gasteiger partial charge is 0.481 e. The van der Waals surface area contributed by atoms with Gasteiger partial charge >= 0.3 is 5.97 Å². The lowest BCUT2D eigenvalue weighted by molar-refractivity contribution is -0.139. The number of carbonyl (C=O) groups is 1. The van der Waals surface area contributed by atoms with E-state index >= 15 is 0 Å². The molecule has 104 valence electrons. The van der Waals surface area contributed by atoms with Gasteiger partial charge in [-0.05, 0) is 12.8 Å². The van der Waals surface area contributed by atoms with E-state index in [9.17, 15) is 9.90 Å². The molecule has 2 heterocycles. The van der Waals surface area contributed by atoms with E-state index < -0.39 is 5.97 Å². The zero-order chi connectivity index (χ0) is 13.2. The van der Waals surface area contributed by atoms with Crippen LogP contribution in [0.3, 0.4) is 0 Å². The van der Waals surface area contributed by atoms with Crippen molar-refractivity contribution in [3.63, 3.8) is 0 Å². The molecule has 1 aliphatic heterocycles. The van der Waals surface area contributed by atoms with Crippen molar-refractivity contribution in [2.75, 3.05) is 26.3 Å². The van der Waals surface area contributed by atoms with E-state index in [2.05, 4.69) is 14.5 Å². The van der Waals surface area contributed by atoms with Crippen LogP contribution in [0.2, 0.25) is 0 Å². The van der Waals surface area contributed by atoms with Crippen molar-refractivity contribution in [2.24, 2.45) is 0 Å². The van der Waals surface area contributed by atoms with Crippen molar-refractivity contribution in [1.82, 2.24) is 14.5 Å². The van der Waals surface area contributed by atoms with Gasteiger partial charge in [-0.3, -0.25) is 9.69 Å². The summed E-state index contributed by atoms with van der Waals surface area (Å²) in [5, 5.41) is 9.17.